The number of aliphatic imine (C=N–C) groups is 1. The normalized spacial score (nSPS) is 17.9. The van der Waals surface area contributed by atoms with Gasteiger partial charge in [0.1, 0.15) is 17.2 Å². The Balaban J connectivity index is 1.92. The third-order valence-corrected chi connectivity index (χ3v) is 4.58. The number of thioether (sulfide) groups is 1. The van der Waals surface area contributed by atoms with Crippen molar-refractivity contribution in [2.45, 2.75) is 6.92 Å². The molecule has 1 saturated heterocycles. The predicted octanol–water partition coefficient (Wildman–Crippen LogP) is 3.64. The zero-order valence-electron chi connectivity index (χ0n) is 13.2. The van der Waals surface area contributed by atoms with E-state index in [1.807, 2.05) is 19.1 Å². The minimum Gasteiger partial charge on any atom is -0.508 e. The van der Waals surface area contributed by atoms with Crippen molar-refractivity contribution in [1.82, 2.24) is 4.90 Å². The van der Waals surface area contributed by atoms with Crippen molar-refractivity contribution in [2.75, 3.05) is 7.05 Å². The van der Waals surface area contributed by atoms with Gasteiger partial charge in [-0.1, -0.05) is 18.2 Å². The van der Waals surface area contributed by atoms with Gasteiger partial charge in [-0.3, -0.25) is 9.69 Å². The lowest BCUT2D eigenvalue weighted by atomic mass is 10.2. The molecule has 2 aromatic rings. The highest BCUT2D eigenvalue weighted by atomic mass is 32.2. The number of amides is 1. The number of likely N-dealkylation sites (N-methyl/N-ethyl adjacent to an activating group) is 1. The molecule has 0 spiro atoms. The summed E-state index contributed by atoms with van der Waals surface area (Å²) in [5.41, 5.74) is 2.09. The predicted molar refractivity (Wildman–Crippen MR) is 96.4 cm³/mol. The molecule has 6 heteroatoms. The molecular formula is C18H16N2O3S. The number of phenolic OH excluding ortho intramolecular Hbond substituents is 2. The van der Waals surface area contributed by atoms with Crippen molar-refractivity contribution >= 4 is 34.6 Å². The van der Waals surface area contributed by atoms with Gasteiger partial charge in [-0.2, -0.15) is 0 Å². The fourth-order valence-electron chi connectivity index (χ4n) is 2.25. The maximum atomic E-state index is 12.4. The van der Waals surface area contributed by atoms with Crippen LogP contribution in [0.1, 0.15) is 11.1 Å². The van der Waals surface area contributed by atoms with Crippen LogP contribution in [-0.4, -0.2) is 33.2 Å². The molecule has 1 amide bonds. The van der Waals surface area contributed by atoms with Gasteiger partial charge < -0.3 is 10.2 Å². The lowest BCUT2D eigenvalue weighted by Crippen LogP contribution is -2.23. The third kappa shape index (κ3) is 3.28. The largest absolute Gasteiger partial charge is 0.508 e. The summed E-state index contributed by atoms with van der Waals surface area (Å²) in [4.78, 5) is 18.7. The highest BCUT2D eigenvalue weighted by Crippen LogP contribution is 2.35. The van der Waals surface area contributed by atoms with Crippen LogP contribution in [0.25, 0.3) is 6.08 Å². The van der Waals surface area contributed by atoms with Crippen LogP contribution < -0.4 is 0 Å². The Hall–Kier alpha value is -2.73. The van der Waals surface area contributed by atoms with Gasteiger partial charge in [0, 0.05) is 7.05 Å². The summed E-state index contributed by atoms with van der Waals surface area (Å²) in [6.45, 7) is 1.88. The van der Waals surface area contributed by atoms with Gasteiger partial charge in [0.25, 0.3) is 5.91 Å². The van der Waals surface area contributed by atoms with Gasteiger partial charge in [-0.15, -0.1) is 0 Å². The summed E-state index contributed by atoms with van der Waals surface area (Å²) in [6.07, 6.45) is 1.71. The second kappa shape index (κ2) is 6.41. The Morgan fingerprint density at radius 2 is 1.96 bits per heavy atom. The van der Waals surface area contributed by atoms with Gasteiger partial charge in [-0.25, -0.2) is 4.99 Å². The molecule has 0 aromatic heterocycles. The lowest BCUT2D eigenvalue weighted by Gasteiger charge is -2.08. The molecular weight excluding hydrogens is 324 g/mol. The molecule has 0 radical (unpaired) electrons. The molecule has 1 heterocycles. The molecule has 0 aliphatic carbocycles. The fourth-order valence-corrected chi connectivity index (χ4v) is 3.23. The molecule has 122 valence electrons. The van der Waals surface area contributed by atoms with Crippen molar-refractivity contribution in [3.8, 4) is 11.5 Å². The second-order valence-corrected chi connectivity index (χ2v) is 6.47. The molecule has 0 saturated carbocycles. The minimum atomic E-state index is -0.173. The molecule has 5 nitrogen and oxygen atoms in total. The zero-order chi connectivity index (χ0) is 17.3. The Morgan fingerprint density at radius 1 is 1.17 bits per heavy atom. The number of aryl methyl sites for hydroxylation is 1. The highest BCUT2D eigenvalue weighted by molar-refractivity contribution is 8.18. The molecule has 2 N–H and O–H groups in total. The summed E-state index contributed by atoms with van der Waals surface area (Å²) >= 11 is 1.23. The number of rotatable bonds is 2. The summed E-state index contributed by atoms with van der Waals surface area (Å²) in [5.74, 6) is 0.0506. The van der Waals surface area contributed by atoms with Crippen molar-refractivity contribution < 1.29 is 15.0 Å². The standard InChI is InChI=1S/C18H16N2O3S/c1-11-6-7-14(15(22)8-11)19-18-20(2)17(23)16(24-18)10-12-4-3-5-13(21)9-12/h3-10,21-22H,1-2H3/b16-10-,19-18?. The van der Waals surface area contributed by atoms with Crippen molar-refractivity contribution in [3.63, 3.8) is 0 Å². The van der Waals surface area contributed by atoms with E-state index in [4.69, 9.17) is 0 Å². The summed E-state index contributed by atoms with van der Waals surface area (Å²) in [5, 5.41) is 20.0. The summed E-state index contributed by atoms with van der Waals surface area (Å²) in [6, 6.07) is 11.9. The summed E-state index contributed by atoms with van der Waals surface area (Å²) in [7, 11) is 1.64. The number of benzene rings is 2. The number of hydrogen-bond donors (Lipinski definition) is 2. The van der Waals surface area contributed by atoms with Gasteiger partial charge in [0.05, 0.1) is 4.91 Å². The van der Waals surface area contributed by atoms with Crippen LogP contribution in [0.2, 0.25) is 0 Å². The fraction of sp³-hybridized carbons (Fsp3) is 0.111. The molecule has 0 bridgehead atoms. The van der Waals surface area contributed by atoms with E-state index in [1.165, 1.54) is 16.7 Å². The SMILES string of the molecule is Cc1ccc(N=C2S/C(=C\c3cccc(O)c3)C(=O)N2C)c(O)c1. The lowest BCUT2D eigenvalue weighted by molar-refractivity contribution is -0.121. The highest BCUT2D eigenvalue weighted by Gasteiger charge is 2.30. The topological polar surface area (TPSA) is 73.1 Å². The van der Waals surface area contributed by atoms with E-state index in [2.05, 4.69) is 4.99 Å². The maximum absolute atomic E-state index is 12.4. The second-order valence-electron chi connectivity index (χ2n) is 5.46. The van der Waals surface area contributed by atoms with E-state index in [-0.39, 0.29) is 17.4 Å². The first-order chi connectivity index (χ1) is 11.4. The number of nitrogens with zero attached hydrogens (tertiary/aromatic N) is 2. The monoisotopic (exact) mass is 340 g/mol. The Bertz CT molecular complexity index is 874. The molecule has 1 aliphatic rings. The molecule has 0 atom stereocenters. The minimum absolute atomic E-state index is 0.0781. The van der Waals surface area contributed by atoms with E-state index in [1.54, 1.807) is 43.5 Å². The average molecular weight is 340 g/mol. The van der Waals surface area contributed by atoms with E-state index in [9.17, 15) is 15.0 Å². The van der Waals surface area contributed by atoms with Crippen LogP contribution in [0.3, 0.4) is 0 Å². The number of amidine groups is 1. The van der Waals surface area contributed by atoms with Crippen LogP contribution in [0.4, 0.5) is 5.69 Å². The Morgan fingerprint density at radius 3 is 2.67 bits per heavy atom. The number of carbonyl (C=O) groups excluding carboxylic acids is 1. The first-order valence-electron chi connectivity index (χ1n) is 7.29. The molecule has 24 heavy (non-hydrogen) atoms. The first-order valence-corrected chi connectivity index (χ1v) is 8.10. The average Bonchev–Trinajstić information content (AvgIpc) is 2.78. The van der Waals surface area contributed by atoms with Crippen LogP contribution in [0.15, 0.2) is 52.4 Å². The molecule has 3 rings (SSSR count). The quantitative estimate of drug-likeness (QED) is 0.819. The number of carbonyl (C=O) groups is 1. The third-order valence-electron chi connectivity index (χ3n) is 3.52. The van der Waals surface area contributed by atoms with E-state index >= 15 is 0 Å². The van der Waals surface area contributed by atoms with Gasteiger partial charge in [0.2, 0.25) is 0 Å². The van der Waals surface area contributed by atoms with E-state index in [0.717, 1.165) is 11.1 Å². The Kier molecular flexibility index (Phi) is 4.31. The zero-order valence-corrected chi connectivity index (χ0v) is 14.0. The van der Waals surface area contributed by atoms with Gasteiger partial charge >= 0.3 is 0 Å². The smallest absolute Gasteiger partial charge is 0.266 e. The van der Waals surface area contributed by atoms with Crippen molar-refractivity contribution in [3.05, 3.63) is 58.5 Å². The molecule has 2 aromatic carbocycles. The van der Waals surface area contributed by atoms with Crippen molar-refractivity contribution in [1.29, 1.82) is 0 Å². The van der Waals surface area contributed by atoms with Crippen LogP contribution in [0, 0.1) is 6.92 Å². The molecule has 0 unspecified atom stereocenters. The Labute approximate surface area is 144 Å². The summed E-state index contributed by atoms with van der Waals surface area (Å²) < 4.78 is 0. The first kappa shape index (κ1) is 16.1. The van der Waals surface area contributed by atoms with Crippen LogP contribution in [-0.2, 0) is 4.79 Å². The van der Waals surface area contributed by atoms with Crippen LogP contribution >= 0.6 is 11.8 Å². The number of phenols is 2. The number of hydrogen-bond acceptors (Lipinski definition) is 5. The van der Waals surface area contributed by atoms with E-state index < -0.39 is 0 Å². The maximum Gasteiger partial charge on any atom is 0.266 e. The van der Waals surface area contributed by atoms with Gasteiger partial charge in [-0.05, 0) is 60.2 Å². The van der Waals surface area contributed by atoms with Crippen molar-refractivity contribution in [2.24, 2.45) is 4.99 Å². The molecule has 1 aliphatic heterocycles. The van der Waals surface area contributed by atoms with Gasteiger partial charge in [0.15, 0.2) is 5.17 Å². The molecule has 1 fully saturated rings. The number of aromatic hydroxyl groups is 2. The van der Waals surface area contributed by atoms with E-state index in [0.29, 0.717) is 15.8 Å². The van der Waals surface area contributed by atoms with Crippen LogP contribution in [0.5, 0.6) is 11.5 Å².